The molecule has 0 aliphatic carbocycles. The summed E-state index contributed by atoms with van der Waals surface area (Å²) in [5, 5.41) is 3.31. The molecule has 20 heavy (non-hydrogen) atoms. The third-order valence-electron chi connectivity index (χ3n) is 2.94. The lowest BCUT2D eigenvalue weighted by Gasteiger charge is -2.25. The van der Waals surface area contributed by atoms with E-state index in [2.05, 4.69) is 34.3 Å². The molecule has 0 saturated heterocycles. The first-order valence-electron chi connectivity index (χ1n) is 7.02. The molecule has 0 fully saturated rings. The zero-order chi connectivity index (χ0) is 15.1. The number of unbranched alkanes of at least 4 members (excludes halogenated alkanes) is 1. The third kappa shape index (κ3) is 8.30. The molecule has 1 rings (SSSR count). The van der Waals surface area contributed by atoms with E-state index < -0.39 is 15.6 Å². The molecular formula is C15H26N2O2S. The van der Waals surface area contributed by atoms with E-state index in [9.17, 15) is 8.42 Å². The number of hydrogen-bond donors (Lipinski definition) is 2. The van der Waals surface area contributed by atoms with E-state index in [1.807, 2.05) is 19.9 Å². The zero-order valence-corrected chi connectivity index (χ0v) is 13.5. The molecule has 114 valence electrons. The van der Waals surface area contributed by atoms with Crippen LogP contribution in [0.4, 0.5) is 0 Å². The summed E-state index contributed by atoms with van der Waals surface area (Å²) in [6, 6.07) is 10.4. The van der Waals surface area contributed by atoms with Crippen LogP contribution in [0, 0.1) is 0 Å². The first kappa shape index (κ1) is 17.1. The van der Waals surface area contributed by atoms with Crippen molar-refractivity contribution in [3.8, 4) is 0 Å². The van der Waals surface area contributed by atoms with Gasteiger partial charge in [0.15, 0.2) is 0 Å². The van der Waals surface area contributed by atoms with Crippen molar-refractivity contribution < 1.29 is 8.42 Å². The Kier molecular flexibility index (Phi) is 6.65. The summed E-state index contributed by atoms with van der Waals surface area (Å²) in [5.74, 6) is 0. The van der Waals surface area contributed by atoms with Crippen LogP contribution in [0.1, 0.15) is 32.3 Å². The number of nitrogens with one attached hydrogen (secondary N) is 2. The highest BCUT2D eigenvalue weighted by Gasteiger charge is 2.21. The summed E-state index contributed by atoms with van der Waals surface area (Å²) >= 11 is 0. The minimum atomic E-state index is -3.16. The predicted octanol–water partition coefficient (Wildman–Crippen LogP) is 1.93. The van der Waals surface area contributed by atoms with Crippen LogP contribution >= 0.6 is 0 Å². The monoisotopic (exact) mass is 298 g/mol. The Morgan fingerprint density at radius 1 is 1.10 bits per heavy atom. The molecule has 2 N–H and O–H groups in total. The van der Waals surface area contributed by atoms with Crippen molar-refractivity contribution in [2.75, 3.05) is 19.3 Å². The van der Waals surface area contributed by atoms with Crippen LogP contribution in [0.3, 0.4) is 0 Å². The smallest absolute Gasteiger partial charge is 0.209 e. The Morgan fingerprint density at radius 3 is 2.35 bits per heavy atom. The lowest BCUT2D eigenvalue weighted by Crippen LogP contribution is -2.50. The van der Waals surface area contributed by atoms with Crippen molar-refractivity contribution in [1.82, 2.24) is 10.0 Å². The first-order chi connectivity index (χ1) is 9.29. The van der Waals surface area contributed by atoms with Gasteiger partial charge < -0.3 is 5.32 Å². The number of benzene rings is 1. The molecule has 1 aromatic carbocycles. The Bertz CT molecular complexity index is 484. The fraction of sp³-hybridized carbons (Fsp3) is 0.600. The van der Waals surface area contributed by atoms with Crippen LogP contribution < -0.4 is 10.0 Å². The van der Waals surface area contributed by atoms with Crippen LogP contribution in [0.5, 0.6) is 0 Å². The summed E-state index contributed by atoms with van der Waals surface area (Å²) in [5.41, 5.74) is 0.916. The summed E-state index contributed by atoms with van der Waals surface area (Å²) in [6.07, 6.45) is 4.50. The van der Waals surface area contributed by atoms with Crippen molar-refractivity contribution in [2.24, 2.45) is 0 Å². The molecule has 0 aliphatic rings. The molecular weight excluding hydrogens is 272 g/mol. The highest BCUT2D eigenvalue weighted by Crippen LogP contribution is 2.05. The van der Waals surface area contributed by atoms with E-state index in [0.29, 0.717) is 6.54 Å². The minimum Gasteiger partial charge on any atom is -0.315 e. The predicted molar refractivity (Wildman–Crippen MR) is 84.3 cm³/mol. The second kappa shape index (κ2) is 7.76. The van der Waals surface area contributed by atoms with Gasteiger partial charge in [0.1, 0.15) is 0 Å². The van der Waals surface area contributed by atoms with Gasteiger partial charge in [0, 0.05) is 12.1 Å². The maximum atomic E-state index is 11.2. The molecule has 0 saturated carbocycles. The lowest BCUT2D eigenvalue weighted by molar-refractivity contribution is 0.418. The highest BCUT2D eigenvalue weighted by molar-refractivity contribution is 7.88. The summed E-state index contributed by atoms with van der Waals surface area (Å²) < 4.78 is 25.0. The fourth-order valence-corrected chi connectivity index (χ4v) is 3.24. The van der Waals surface area contributed by atoms with Crippen molar-refractivity contribution in [2.45, 2.75) is 38.6 Å². The van der Waals surface area contributed by atoms with Crippen LogP contribution in [0.2, 0.25) is 0 Å². The van der Waals surface area contributed by atoms with Gasteiger partial charge in [-0.3, -0.25) is 0 Å². The van der Waals surface area contributed by atoms with E-state index in [1.54, 1.807) is 0 Å². The van der Waals surface area contributed by atoms with Crippen molar-refractivity contribution >= 4 is 10.0 Å². The second-order valence-corrected chi connectivity index (χ2v) is 7.63. The number of hydrogen-bond acceptors (Lipinski definition) is 3. The van der Waals surface area contributed by atoms with Crippen molar-refractivity contribution in [1.29, 1.82) is 0 Å². The summed E-state index contributed by atoms with van der Waals surface area (Å²) in [4.78, 5) is 0. The van der Waals surface area contributed by atoms with Crippen molar-refractivity contribution in [3.05, 3.63) is 35.9 Å². The highest BCUT2D eigenvalue weighted by atomic mass is 32.2. The van der Waals surface area contributed by atoms with E-state index in [4.69, 9.17) is 0 Å². The molecule has 0 unspecified atom stereocenters. The van der Waals surface area contributed by atoms with E-state index >= 15 is 0 Å². The Labute approximate surface area is 123 Å². The van der Waals surface area contributed by atoms with Crippen LogP contribution in [0.15, 0.2) is 30.3 Å². The SMILES string of the molecule is CC(C)(CNCCCCc1ccccc1)NS(C)(=O)=O. The fourth-order valence-electron chi connectivity index (χ4n) is 2.16. The molecule has 0 radical (unpaired) electrons. The average molecular weight is 298 g/mol. The van der Waals surface area contributed by atoms with Crippen LogP contribution in [-0.4, -0.2) is 33.3 Å². The van der Waals surface area contributed by atoms with Gasteiger partial charge >= 0.3 is 0 Å². The van der Waals surface area contributed by atoms with Gasteiger partial charge in [-0.2, -0.15) is 0 Å². The van der Waals surface area contributed by atoms with Gasteiger partial charge in [-0.15, -0.1) is 0 Å². The first-order valence-corrected chi connectivity index (χ1v) is 8.91. The molecule has 4 nitrogen and oxygen atoms in total. The van der Waals surface area contributed by atoms with Gasteiger partial charge in [0.2, 0.25) is 10.0 Å². The molecule has 0 bridgehead atoms. The molecule has 0 heterocycles. The molecule has 0 aliphatic heterocycles. The van der Waals surface area contributed by atoms with E-state index in [1.165, 1.54) is 11.8 Å². The maximum Gasteiger partial charge on any atom is 0.209 e. The normalized spacial score (nSPS) is 12.6. The number of sulfonamides is 1. The van der Waals surface area contributed by atoms with Crippen molar-refractivity contribution in [3.63, 3.8) is 0 Å². The van der Waals surface area contributed by atoms with Gasteiger partial charge in [-0.1, -0.05) is 30.3 Å². The summed E-state index contributed by atoms with van der Waals surface area (Å²) in [7, 11) is -3.16. The third-order valence-corrected chi connectivity index (χ3v) is 3.86. The Balaban J connectivity index is 2.13. The molecule has 5 heteroatoms. The standard InChI is InChI=1S/C15H26N2O2S/c1-15(2,17-20(3,18)19)13-16-12-8-7-11-14-9-5-4-6-10-14/h4-6,9-10,16-17H,7-8,11-13H2,1-3H3. The van der Waals surface area contributed by atoms with Gasteiger partial charge in [-0.05, 0) is 45.2 Å². The molecule has 0 atom stereocenters. The summed E-state index contributed by atoms with van der Waals surface area (Å²) in [6.45, 7) is 5.29. The maximum absolute atomic E-state index is 11.2. The minimum absolute atomic E-state index is 0.451. The lowest BCUT2D eigenvalue weighted by atomic mass is 10.1. The van der Waals surface area contributed by atoms with Crippen LogP contribution in [-0.2, 0) is 16.4 Å². The number of rotatable bonds is 9. The second-order valence-electron chi connectivity index (χ2n) is 5.88. The molecule has 0 amide bonds. The zero-order valence-electron chi connectivity index (χ0n) is 12.6. The van der Waals surface area contributed by atoms with Gasteiger partial charge in [0.05, 0.1) is 6.26 Å². The number of aryl methyl sites for hydroxylation is 1. The Hall–Kier alpha value is -0.910. The molecule has 0 spiro atoms. The topological polar surface area (TPSA) is 58.2 Å². The largest absolute Gasteiger partial charge is 0.315 e. The average Bonchev–Trinajstić information content (AvgIpc) is 2.32. The van der Waals surface area contributed by atoms with Gasteiger partial charge in [0.25, 0.3) is 0 Å². The molecule has 1 aromatic rings. The molecule has 0 aromatic heterocycles. The van der Waals surface area contributed by atoms with E-state index in [0.717, 1.165) is 25.8 Å². The quantitative estimate of drug-likeness (QED) is 0.685. The van der Waals surface area contributed by atoms with Gasteiger partial charge in [-0.25, -0.2) is 13.1 Å². The van der Waals surface area contributed by atoms with E-state index in [-0.39, 0.29) is 0 Å². The van der Waals surface area contributed by atoms with Crippen LogP contribution in [0.25, 0.3) is 0 Å². The Morgan fingerprint density at radius 2 is 1.75 bits per heavy atom.